The van der Waals surface area contributed by atoms with E-state index in [1.54, 1.807) is 29.2 Å². The molecule has 1 aliphatic carbocycles. The van der Waals surface area contributed by atoms with E-state index < -0.39 is 0 Å². The summed E-state index contributed by atoms with van der Waals surface area (Å²) in [7, 11) is 0. The van der Waals surface area contributed by atoms with Crippen molar-refractivity contribution >= 4 is 17.6 Å². The molecular formula is C20H26N4O2. The van der Waals surface area contributed by atoms with E-state index in [1.165, 1.54) is 19.3 Å². The Kier molecular flexibility index (Phi) is 6.11. The quantitative estimate of drug-likeness (QED) is 0.874. The first kappa shape index (κ1) is 18.2. The molecule has 0 spiro atoms. The number of hydrogen-bond acceptors (Lipinski definition) is 3. The molecule has 26 heavy (non-hydrogen) atoms. The van der Waals surface area contributed by atoms with Crippen LogP contribution in [0.5, 0.6) is 0 Å². The molecule has 138 valence electrons. The van der Waals surface area contributed by atoms with E-state index in [9.17, 15) is 9.59 Å². The first-order valence-electron chi connectivity index (χ1n) is 9.52. The highest BCUT2D eigenvalue weighted by Gasteiger charge is 2.29. The van der Waals surface area contributed by atoms with Crippen molar-refractivity contribution in [1.29, 1.82) is 5.26 Å². The Morgan fingerprint density at radius 2 is 1.92 bits per heavy atom. The second-order valence-corrected chi connectivity index (χ2v) is 7.25. The zero-order valence-electron chi connectivity index (χ0n) is 15.0. The maximum absolute atomic E-state index is 12.6. The van der Waals surface area contributed by atoms with E-state index >= 15 is 0 Å². The van der Waals surface area contributed by atoms with E-state index in [1.807, 2.05) is 0 Å². The van der Waals surface area contributed by atoms with Gasteiger partial charge in [0.2, 0.25) is 5.91 Å². The lowest BCUT2D eigenvalue weighted by Gasteiger charge is -2.33. The average Bonchev–Trinajstić information content (AvgIpc) is 2.69. The molecule has 0 radical (unpaired) electrons. The number of urea groups is 1. The monoisotopic (exact) mass is 354 g/mol. The van der Waals surface area contributed by atoms with Crippen molar-refractivity contribution in [3.05, 3.63) is 29.8 Å². The van der Waals surface area contributed by atoms with E-state index in [-0.39, 0.29) is 17.9 Å². The van der Waals surface area contributed by atoms with Gasteiger partial charge in [-0.1, -0.05) is 25.3 Å². The fourth-order valence-corrected chi connectivity index (χ4v) is 3.81. The van der Waals surface area contributed by atoms with E-state index in [0.717, 1.165) is 25.7 Å². The number of rotatable bonds is 3. The van der Waals surface area contributed by atoms with Gasteiger partial charge in [-0.3, -0.25) is 4.79 Å². The van der Waals surface area contributed by atoms with Gasteiger partial charge in [-0.25, -0.2) is 4.79 Å². The third-order valence-corrected chi connectivity index (χ3v) is 5.27. The number of nitriles is 1. The molecule has 1 atom stereocenters. The molecule has 6 heteroatoms. The summed E-state index contributed by atoms with van der Waals surface area (Å²) in [6.45, 7) is 1.10. The van der Waals surface area contributed by atoms with Gasteiger partial charge in [-0.15, -0.1) is 0 Å². The molecule has 3 amide bonds. The van der Waals surface area contributed by atoms with Crippen molar-refractivity contribution in [2.75, 3.05) is 18.4 Å². The van der Waals surface area contributed by atoms with Crippen LogP contribution >= 0.6 is 0 Å². The van der Waals surface area contributed by atoms with Crippen LogP contribution in [-0.4, -0.2) is 36.0 Å². The number of piperidine rings is 1. The maximum atomic E-state index is 12.6. The number of likely N-dealkylation sites (tertiary alicyclic amines) is 1. The molecule has 1 unspecified atom stereocenters. The number of anilines is 1. The van der Waals surface area contributed by atoms with Gasteiger partial charge < -0.3 is 15.5 Å². The predicted octanol–water partition coefficient (Wildman–Crippen LogP) is 3.25. The SMILES string of the molecule is N#Cc1cccc(NC(=O)N2CCCC(C(=O)NC3CCCCC3)C2)c1. The summed E-state index contributed by atoms with van der Waals surface area (Å²) < 4.78 is 0. The van der Waals surface area contributed by atoms with Crippen LogP contribution < -0.4 is 10.6 Å². The van der Waals surface area contributed by atoms with Crippen LogP contribution in [0.4, 0.5) is 10.5 Å². The van der Waals surface area contributed by atoms with E-state index in [4.69, 9.17) is 5.26 Å². The van der Waals surface area contributed by atoms with Crippen molar-refractivity contribution < 1.29 is 9.59 Å². The summed E-state index contributed by atoms with van der Waals surface area (Å²) in [6.07, 6.45) is 7.42. The van der Waals surface area contributed by atoms with Gasteiger partial charge in [-0.05, 0) is 43.9 Å². The minimum atomic E-state index is -0.213. The number of nitrogens with zero attached hydrogens (tertiary/aromatic N) is 2. The molecule has 2 N–H and O–H groups in total. The van der Waals surface area contributed by atoms with Gasteiger partial charge in [0, 0.05) is 24.8 Å². The van der Waals surface area contributed by atoms with Crippen LogP contribution in [0.3, 0.4) is 0 Å². The fourth-order valence-electron chi connectivity index (χ4n) is 3.81. The average molecular weight is 354 g/mol. The van der Waals surface area contributed by atoms with Crippen LogP contribution in [0, 0.1) is 17.2 Å². The number of amides is 3. The summed E-state index contributed by atoms with van der Waals surface area (Å²) in [5.41, 5.74) is 1.11. The third-order valence-electron chi connectivity index (χ3n) is 5.27. The number of carbonyl (C=O) groups excluding carboxylic acids is 2. The Morgan fingerprint density at radius 3 is 2.69 bits per heavy atom. The summed E-state index contributed by atoms with van der Waals surface area (Å²) in [5, 5.41) is 15.0. The number of hydrogen-bond donors (Lipinski definition) is 2. The molecule has 6 nitrogen and oxygen atoms in total. The van der Waals surface area contributed by atoms with E-state index in [2.05, 4.69) is 16.7 Å². The predicted molar refractivity (Wildman–Crippen MR) is 99.5 cm³/mol. The highest BCUT2D eigenvalue weighted by atomic mass is 16.2. The fraction of sp³-hybridized carbons (Fsp3) is 0.550. The zero-order valence-corrected chi connectivity index (χ0v) is 15.0. The summed E-state index contributed by atoms with van der Waals surface area (Å²) in [4.78, 5) is 26.8. The Labute approximate surface area is 154 Å². The normalized spacial score (nSPS) is 20.9. The second-order valence-electron chi connectivity index (χ2n) is 7.25. The van der Waals surface area contributed by atoms with E-state index in [0.29, 0.717) is 30.4 Å². The van der Waals surface area contributed by atoms with Crippen molar-refractivity contribution in [2.45, 2.75) is 51.0 Å². The lowest BCUT2D eigenvalue weighted by Crippen LogP contribution is -2.48. The summed E-state index contributed by atoms with van der Waals surface area (Å²) >= 11 is 0. The first-order valence-corrected chi connectivity index (χ1v) is 9.52. The maximum Gasteiger partial charge on any atom is 0.321 e. The molecule has 1 aromatic rings. The highest BCUT2D eigenvalue weighted by molar-refractivity contribution is 5.90. The minimum Gasteiger partial charge on any atom is -0.353 e. The van der Waals surface area contributed by atoms with Crippen molar-refractivity contribution in [1.82, 2.24) is 10.2 Å². The Morgan fingerprint density at radius 1 is 1.12 bits per heavy atom. The summed E-state index contributed by atoms with van der Waals surface area (Å²) in [5.74, 6) is -0.0530. The molecule has 1 aliphatic heterocycles. The van der Waals surface area contributed by atoms with Gasteiger partial charge in [0.05, 0.1) is 17.6 Å². The lowest BCUT2D eigenvalue weighted by atomic mass is 9.93. The second kappa shape index (κ2) is 8.70. The standard InChI is InChI=1S/C20H26N4O2/c21-13-15-6-4-10-18(12-15)23-20(26)24-11-5-7-16(14-24)19(25)22-17-8-2-1-3-9-17/h4,6,10,12,16-17H,1-3,5,7-9,11,14H2,(H,22,25)(H,23,26). The van der Waals surface area contributed by atoms with Crippen LogP contribution in [0.2, 0.25) is 0 Å². The number of nitrogens with one attached hydrogen (secondary N) is 2. The third kappa shape index (κ3) is 4.75. The van der Waals surface area contributed by atoms with Crippen LogP contribution in [-0.2, 0) is 4.79 Å². The van der Waals surface area contributed by atoms with Gasteiger partial charge in [0.25, 0.3) is 0 Å². The molecule has 2 aliphatic rings. The Bertz CT molecular complexity index is 691. The molecule has 1 aromatic carbocycles. The molecule has 1 heterocycles. The van der Waals surface area contributed by atoms with Gasteiger partial charge in [0.15, 0.2) is 0 Å². The van der Waals surface area contributed by atoms with Gasteiger partial charge >= 0.3 is 6.03 Å². The highest BCUT2D eigenvalue weighted by Crippen LogP contribution is 2.21. The molecule has 0 aromatic heterocycles. The van der Waals surface area contributed by atoms with Gasteiger partial charge in [0.1, 0.15) is 0 Å². The topological polar surface area (TPSA) is 85.2 Å². The largest absolute Gasteiger partial charge is 0.353 e. The van der Waals surface area contributed by atoms with Gasteiger partial charge in [-0.2, -0.15) is 5.26 Å². The number of benzene rings is 1. The van der Waals surface area contributed by atoms with Crippen LogP contribution in [0.1, 0.15) is 50.5 Å². The summed E-state index contributed by atoms with van der Waals surface area (Å²) in [6, 6.07) is 9.00. The minimum absolute atomic E-state index is 0.0841. The first-order chi connectivity index (χ1) is 12.7. The lowest BCUT2D eigenvalue weighted by molar-refractivity contribution is -0.127. The Hall–Kier alpha value is -2.55. The molecule has 3 rings (SSSR count). The number of carbonyl (C=O) groups is 2. The van der Waals surface area contributed by atoms with Crippen LogP contribution in [0.25, 0.3) is 0 Å². The molecule has 2 fully saturated rings. The smallest absolute Gasteiger partial charge is 0.321 e. The molecule has 1 saturated carbocycles. The molecule has 0 bridgehead atoms. The van der Waals surface area contributed by atoms with Crippen molar-refractivity contribution in [3.63, 3.8) is 0 Å². The van der Waals surface area contributed by atoms with Crippen molar-refractivity contribution in [2.24, 2.45) is 5.92 Å². The zero-order chi connectivity index (χ0) is 18.4. The molecular weight excluding hydrogens is 328 g/mol. The Balaban J connectivity index is 1.54. The van der Waals surface area contributed by atoms with Crippen LogP contribution in [0.15, 0.2) is 24.3 Å². The van der Waals surface area contributed by atoms with Crippen molar-refractivity contribution in [3.8, 4) is 6.07 Å². The molecule has 1 saturated heterocycles.